The number of carbonyl (C=O) groups excluding carboxylic acids is 3. The number of fused-ring (bicyclic) bond motifs is 5. The van der Waals surface area contributed by atoms with Crippen LogP contribution < -0.4 is 0 Å². The highest BCUT2D eigenvalue weighted by atomic mass is 16.6. The molecule has 4 aliphatic carbocycles. The number of esters is 3. The van der Waals surface area contributed by atoms with Crippen LogP contribution in [0.3, 0.4) is 0 Å². The van der Waals surface area contributed by atoms with Crippen LogP contribution in [-0.4, -0.2) is 59.4 Å². The predicted molar refractivity (Wildman–Crippen MR) is 187 cm³/mol. The predicted octanol–water partition coefficient (Wildman–Crippen LogP) is 7.76. The Morgan fingerprint density at radius 3 is 2.04 bits per heavy atom. The topological polar surface area (TPSA) is 154 Å². The number of allylic oxidation sites excluding steroid dienone is 1. The van der Waals surface area contributed by atoms with Gasteiger partial charge in [-0.15, -0.1) is 0 Å². The third kappa shape index (κ3) is 9.30. The van der Waals surface area contributed by atoms with E-state index in [1.165, 1.54) is 57.4 Å². The van der Waals surface area contributed by atoms with E-state index in [1.54, 1.807) is 0 Å². The first-order valence-corrected chi connectivity index (χ1v) is 19.1. The summed E-state index contributed by atoms with van der Waals surface area (Å²) in [4.78, 5) is 59.9. The first-order valence-electron chi connectivity index (χ1n) is 19.1. The zero-order valence-corrected chi connectivity index (χ0v) is 31.3. The van der Waals surface area contributed by atoms with Crippen LogP contribution in [0.5, 0.6) is 0 Å². The van der Waals surface area contributed by atoms with E-state index in [2.05, 4.69) is 40.7 Å². The van der Waals surface area contributed by atoms with Crippen molar-refractivity contribution < 1.29 is 48.4 Å². The molecule has 0 saturated heterocycles. The molecule has 3 saturated carbocycles. The van der Waals surface area contributed by atoms with Gasteiger partial charge in [0.25, 0.3) is 0 Å². The number of hydrogen-bond acceptors (Lipinski definition) is 8. The molecule has 0 aromatic rings. The van der Waals surface area contributed by atoms with Gasteiger partial charge in [0.2, 0.25) is 0 Å². The normalized spacial score (nSPS) is 31.0. The van der Waals surface area contributed by atoms with E-state index in [9.17, 15) is 24.0 Å². The van der Waals surface area contributed by atoms with E-state index < -0.39 is 61.3 Å². The van der Waals surface area contributed by atoms with Crippen LogP contribution >= 0.6 is 0 Å². The van der Waals surface area contributed by atoms with Gasteiger partial charge in [0.1, 0.15) is 24.7 Å². The van der Waals surface area contributed by atoms with Gasteiger partial charge in [-0.05, 0) is 98.2 Å². The number of hydrogen-bond donors (Lipinski definition) is 2. The van der Waals surface area contributed by atoms with E-state index in [1.807, 2.05) is 0 Å². The summed E-state index contributed by atoms with van der Waals surface area (Å²) in [5.41, 5.74) is 0.288. The molecule has 4 aliphatic rings. The molecule has 0 heterocycles. The van der Waals surface area contributed by atoms with E-state index in [0.717, 1.165) is 36.5 Å². The molecule has 0 radical (unpaired) electrons. The van der Waals surface area contributed by atoms with E-state index in [-0.39, 0.29) is 24.4 Å². The van der Waals surface area contributed by atoms with Gasteiger partial charge in [-0.3, -0.25) is 24.0 Å². The molecule has 3 fully saturated rings. The molecule has 0 unspecified atom stereocenters. The summed E-state index contributed by atoms with van der Waals surface area (Å²) in [7, 11) is 0. The molecule has 2 N–H and O–H groups in total. The fraction of sp³-hybridized carbons (Fsp3) is 0.825. The lowest BCUT2D eigenvalue weighted by atomic mass is 9.47. The number of carboxylic acid groups (broad SMARTS) is 2. The summed E-state index contributed by atoms with van der Waals surface area (Å²) in [6.07, 6.45) is 13.0. The van der Waals surface area contributed by atoms with Crippen LogP contribution in [0.15, 0.2) is 11.6 Å². The molecular weight excluding hydrogens is 640 g/mol. The Balaban J connectivity index is 1.40. The second kappa shape index (κ2) is 16.6. The van der Waals surface area contributed by atoms with Crippen molar-refractivity contribution in [3.63, 3.8) is 0 Å². The molecular formula is C40H62O10. The molecule has 10 nitrogen and oxygen atoms in total. The van der Waals surface area contributed by atoms with Crippen LogP contribution in [0.2, 0.25) is 0 Å². The van der Waals surface area contributed by atoms with Crippen molar-refractivity contribution in [1.29, 1.82) is 0 Å². The number of carbonyl (C=O) groups is 5. The molecule has 0 aromatic heterocycles. The minimum absolute atomic E-state index is 0.0662. The minimum Gasteiger partial charge on any atom is -0.481 e. The molecule has 50 heavy (non-hydrogen) atoms. The zero-order chi connectivity index (χ0) is 36.9. The van der Waals surface area contributed by atoms with Crippen LogP contribution in [0, 0.1) is 51.8 Å². The van der Waals surface area contributed by atoms with Crippen molar-refractivity contribution in [2.45, 2.75) is 144 Å². The van der Waals surface area contributed by atoms with Crippen LogP contribution in [0.1, 0.15) is 138 Å². The minimum atomic E-state index is -1.55. The van der Waals surface area contributed by atoms with Gasteiger partial charge in [-0.1, -0.05) is 65.5 Å². The zero-order valence-electron chi connectivity index (χ0n) is 31.3. The largest absolute Gasteiger partial charge is 0.481 e. The van der Waals surface area contributed by atoms with Crippen molar-refractivity contribution in [3.05, 3.63) is 11.6 Å². The fourth-order valence-electron chi connectivity index (χ4n) is 10.2. The molecule has 0 aliphatic heterocycles. The highest BCUT2D eigenvalue weighted by Gasteiger charge is 2.59. The summed E-state index contributed by atoms with van der Waals surface area (Å²) < 4.78 is 16.6. The summed E-state index contributed by atoms with van der Waals surface area (Å²) >= 11 is 0. The second-order valence-electron chi connectivity index (χ2n) is 17.2. The van der Waals surface area contributed by atoms with Gasteiger partial charge in [0.05, 0.1) is 25.7 Å². The lowest BCUT2D eigenvalue weighted by Gasteiger charge is -2.58. The fourth-order valence-corrected chi connectivity index (χ4v) is 10.2. The Bertz CT molecular complexity index is 1250. The van der Waals surface area contributed by atoms with Gasteiger partial charge in [-0.2, -0.15) is 0 Å². The van der Waals surface area contributed by atoms with Crippen LogP contribution in [0.25, 0.3) is 0 Å². The van der Waals surface area contributed by atoms with E-state index >= 15 is 0 Å². The van der Waals surface area contributed by atoms with E-state index in [0.29, 0.717) is 30.1 Å². The Kier molecular flexibility index (Phi) is 13.3. The maximum atomic E-state index is 13.7. The van der Waals surface area contributed by atoms with Crippen molar-refractivity contribution in [3.8, 4) is 0 Å². The number of ether oxygens (including phenoxy) is 3. The summed E-state index contributed by atoms with van der Waals surface area (Å²) in [5.74, 6) is -0.183. The Labute approximate surface area is 298 Å². The molecule has 10 heteroatoms. The second-order valence-corrected chi connectivity index (χ2v) is 17.2. The highest BCUT2D eigenvalue weighted by Crippen LogP contribution is 2.67. The molecule has 0 amide bonds. The standard InChI is InChI=1S/C40H62O10/c1-25(2)8-7-9-26(3)30-12-13-31-29-11-10-27-22-28(18-20-39(27,5)32(29)19-21-40(30,31)6)50-37(47)38(4,23-48-35(45)16-14-33(41)42)24-49-36(46)17-15-34(43)44/h10,25-26,28-32H,7-9,11-24H2,1-6H3,(H,41,42)(H,43,44)/t26-,28-,29+,30-,31+,32+,39-,40-/m0/s1. The van der Waals surface area contributed by atoms with Crippen LogP contribution in [0.4, 0.5) is 0 Å². The van der Waals surface area contributed by atoms with Crippen molar-refractivity contribution in [2.24, 2.45) is 51.8 Å². The molecule has 0 aromatic carbocycles. The number of carboxylic acids is 2. The van der Waals surface area contributed by atoms with Crippen molar-refractivity contribution >= 4 is 29.8 Å². The van der Waals surface area contributed by atoms with Gasteiger partial charge >= 0.3 is 29.8 Å². The van der Waals surface area contributed by atoms with E-state index in [4.69, 9.17) is 24.4 Å². The smallest absolute Gasteiger partial charge is 0.319 e. The maximum Gasteiger partial charge on any atom is 0.319 e. The monoisotopic (exact) mass is 702 g/mol. The molecule has 8 atom stereocenters. The third-order valence-corrected chi connectivity index (χ3v) is 13.2. The molecule has 0 bridgehead atoms. The van der Waals surface area contributed by atoms with Gasteiger partial charge in [0, 0.05) is 6.42 Å². The highest BCUT2D eigenvalue weighted by molar-refractivity contribution is 5.80. The number of aliphatic carboxylic acids is 2. The average Bonchev–Trinajstić information content (AvgIpc) is 3.41. The molecule has 4 rings (SSSR count). The Morgan fingerprint density at radius 1 is 0.840 bits per heavy atom. The number of rotatable bonds is 17. The first-order chi connectivity index (χ1) is 23.5. The summed E-state index contributed by atoms with van der Waals surface area (Å²) in [5, 5.41) is 17.8. The first kappa shape index (κ1) is 39.9. The van der Waals surface area contributed by atoms with Gasteiger partial charge in [-0.25, -0.2) is 0 Å². The molecule has 0 spiro atoms. The lowest BCUT2D eigenvalue weighted by molar-refractivity contribution is -0.176. The average molecular weight is 703 g/mol. The lowest BCUT2D eigenvalue weighted by Crippen LogP contribution is -2.51. The van der Waals surface area contributed by atoms with Crippen molar-refractivity contribution in [1.82, 2.24) is 0 Å². The SMILES string of the molecule is CC(C)CCC[C@H](C)[C@@H]1CC[C@@H]2[C@H]3CC=C4C[C@@H](OC(=O)C(C)(COC(=O)CCC(=O)O)COC(=O)CCC(=O)O)CC[C@]4(C)[C@@H]3CC[C@]21C. The Morgan fingerprint density at radius 2 is 1.46 bits per heavy atom. The van der Waals surface area contributed by atoms with Crippen LogP contribution in [-0.2, 0) is 38.2 Å². The third-order valence-electron chi connectivity index (χ3n) is 13.2. The van der Waals surface area contributed by atoms with Gasteiger partial charge in [0.15, 0.2) is 0 Å². The molecule has 282 valence electrons. The van der Waals surface area contributed by atoms with Crippen molar-refractivity contribution in [2.75, 3.05) is 13.2 Å². The quantitative estimate of drug-likeness (QED) is 0.0873. The Hall–Kier alpha value is -2.91. The van der Waals surface area contributed by atoms with Gasteiger partial charge < -0.3 is 24.4 Å². The summed E-state index contributed by atoms with van der Waals surface area (Å²) in [6, 6.07) is 0. The maximum absolute atomic E-state index is 13.7. The summed E-state index contributed by atoms with van der Waals surface area (Å²) in [6.45, 7) is 12.7.